The third-order valence-corrected chi connectivity index (χ3v) is 5.38. The molecular formula is C20H24N4O. The normalized spacial score (nSPS) is 16.4. The predicted octanol–water partition coefficient (Wildman–Crippen LogP) is 3.04. The smallest absolute Gasteiger partial charge is 0.222 e. The van der Waals surface area contributed by atoms with Gasteiger partial charge in [0.2, 0.25) is 5.91 Å². The van der Waals surface area contributed by atoms with E-state index < -0.39 is 5.41 Å². The van der Waals surface area contributed by atoms with Crippen LogP contribution in [0, 0.1) is 25.2 Å². The lowest BCUT2D eigenvalue weighted by atomic mass is 9.74. The first-order chi connectivity index (χ1) is 12.1. The van der Waals surface area contributed by atoms with E-state index in [1.54, 1.807) is 0 Å². The number of aromatic amines is 1. The molecule has 130 valence electrons. The van der Waals surface area contributed by atoms with Crippen LogP contribution in [0.15, 0.2) is 30.3 Å². The second kappa shape index (κ2) is 7.10. The Kier molecular flexibility index (Phi) is 4.89. The predicted molar refractivity (Wildman–Crippen MR) is 95.9 cm³/mol. The van der Waals surface area contributed by atoms with Crippen molar-refractivity contribution in [3.05, 3.63) is 52.8 Å². The van der Waals surface area contributed by atoms with Crippen molar-refractivity contribution in [3.63, 3.8) is 0 Å². The number of carbonyl (C=O) groups excluding carboxylic acids is 1. The molecule has 1 saturated heterocycles. The maximum Gasteiger partial charge on any atom is 0.222 e. The average Bonchev–Trinajstić information content (AvgIpc) is 2.98. The van der Waals surface area contributed by atoms with Crippen molar-refractivity contribution in [1.82, 2.24) is 15.1 Å². The van der Waals surface area contributed by atoms with Crippen LogP contribution in [0.2, 0.25) is 0 Å². The standard InChI is InChI=1S/C20H24N4O/c1-15-18(16(2)23-22-15)8-9-19(25)24-12-10-20(14-21,11-13-24)17-6-4-3-5-7-17/h3-7H,8-13H2,1-2H3,(H,22,23). The Morgan fingerprint density at radius 2 is 1.96 bits per heavy atom. The van der Waals surface area contributed by atoms with Gasteiger partial charge in [-0.15, -0.1) is 0 Å². The fraction of sp³-hybridized carbons (Fsp3) is 0.450. The van der Waals surface area contributed by atoms with Gasteiger partial charge in [0.15, 0.2) is 0 Å². The lowest BCUT2D eigenvalue weighted by molar-refractivity contribution is -0.132. The fourth-order valence-corrected chi connectivity index (χ4v) is 3.69. The van der Waals surface area contributed by atoms with Crippen LogP contribution in [0.4, 0.5) is 0 Å². The zero-order valence-electron chi connectivity index (χ0n) is 14.9. The molecule has 0 bridgehead atoms. The van der Waals surface area contributed by atoms with E-state index in [4.69, 9.17) is 0 Å². The molecule has 1 N–H and O–H groups in total. The second-order valence-electron chi connectivity index (χ2n) is 6.85. The van der Waals surface area contributed by atoms with Gasteiger partial charge in [0, 0.05) is 25.2 Å². The molecule has 1 amide bonds. The summed E-state index contributed by atoms with van der Waals surface area (Å²) < 4.78 is 0. The minimum atomic E-state index is -0.463. The van der Waals surface area contributed by atoms with Crippen LogP contribution in [0.3, 0.4) is 0 Å². The van der Waals surface area contributed by atoms with Crippen LogP contribution >= 0.6 is 0 Å². The highest BCUT2D eigenvalue weighted by Gasteiger charge is 2.37. The van der Waals surface area contributed by atoms with Gasteiger partial charge in [0.1, 0.15) is 0 Å². The highest BCUT2D eigenvalue weighted by molar-refractivity contribution is 5.76. The lowest BCUT2D eigenvalue weighted by Gasteiger charge is -2.37. The molecule has 5 nitrogen and oxygen atoms in total. The van der Waals surface area contributed by atoms with Crippen molar-refractivity contribution in [3.8, 4) is 6.07 Å². The van der Waals surface area contributed by atoms with Gasteiger partial charge < -0.3 is 4.90 Å². The molecule has 0 unspecified atom stereocenters. The average molecular weight is 336 g/mol. The third kappa shape index (κ3) is 3.43. The number of nitriles is 1. The van der Waals surface area contributed by atoms with Gasteiger partial charge in [-0.1, -0.05) is 30.3 Å². The molecule has 0 aliphatic carbocycles. The zero-order chi connectivity index (χ0) is 17.9. The molecule has 2 heterocycles. The van der Waals surface area contributed by atoms with Crippen molar-refractivity contribution >= 4 is 5.91 Å². The molecule has 0 saturated carbocycles. The Bertz CT molecular complexity index is 760. The number of benzene rings is 1. The Balaban J connectivity index is 1.60. The Labute approximate surface area is 148 Å². The number of hydrogen-bond acceptors (Lipinski definition) is 3. The zero-order valence-corrected chi connectivity index (χ0v) is 14.9. The number of carbonyl (C=O) groups is 1. The molecule has 3 rings (SSSR count). The Hall–Kier alpha value is -2.61. The van der Waals surface area contributed by atoms with Crippen LogP contribution in [0.5, 0.6) is 0 Å². The maximum absolute atomic E-state index is 12.6. The van der Waals surface area contributed by atoms with Crippen LogP contribution in [-0.4, -0.2) is 34.1 Å². The van der Waals surface area contributed by atoms with Gasteiger partial charge in [-0.05, 0) is 44.2 Å². The number of piperidine rings is 1. The van der Waals surface area contributed by atoms with Crippen molar-refractivity contribution in [2.45, 2.75) is 44.9 Å². The van der Waals surface area contributed by atoms with E-state index in [1.807, 2.05) is 49.1 Å². The van der Waals surface area contributed by atoms with Gasteiger partial charge in [-0.3, -0.25) is 9.89 Å². The molecule has 1 aliphatic rings. The molecule has 1 fully saturated rings. The molecule has 25 heavy (non-hydrogen) atoms. The topological polar surface area (TPSA) is 72.8 Å². The minimum Gasteiger partial charge on any atom is -0.343 e. The van der Waals surface area contributed by atoms with E-state index in [-0.39, 0.29) is 5.91 Å². The van der Waals surface area contributed by atoms with Crippen molar-refractivity contribution in [2.75, 3.05) is 13.1 Å². The number of nitrogens with zero attached hydrogens (tertiary/aromatic N) is 3. The highest BCUT2D eigenvalue weighted by atomic mass is 16.2. The Morgan fingerprint density at radius 3 is 2.52 bits per heavy atom. The molecule has 0 spiro atoms. The molecule has 0 radical (unpaired) electrons. The summed E-state index contributed by atoms with van der Waals surface area (Å²) in [7, 11) is 0. The van der Waals surface area contributed by atoms with Crippen LogP contribution in [0.25, 0.3) is 0 Å². The molecule has 1 aliphatic heterocycles. The monoisotopic (exact) mass is 336 g/mol. The lowest BCUT2D eigenvalue weighted by Crippen LogP contribution is -2.44. The van der Waals surface area contributed by atoms with Crippen molar-refractivity contribution in [2.24, 2.45) is 0 Å². The van der Waals surface area contributed by atoms with E-state index in [0.717, 1.165) is 22.5 Å². The number of nitrogens with one attached hydrogen (secondary N) is 1. The van der Waals surface area contributed by atoms with Gasteiger partial charge in [-0.25, -0.2) is 0 Å². The molecule has 1 aromatic heterocycles. The summed E-state index contributed by atoms with van der Waals surface area (Å²) in [5.74, 6) is 0.166. The first-order valence-electron chi connectivity index (χ1n) is 8.81. The molecule has 5 heteroatoms. The molecular weight excluding hydrogens is 312 g/mol. The van der Waals surface area contributed by atoms with E-state index in [1.165, 1.54) is 0 Å². The number of aryl methyl sites for hydroxylation is 2. The number of H-pyrrole nitrogens is 1. The first-order valence-corrected chi connectivity index (χ1v) is 8.81. The minimum absolute atomic E-state index is 0.166. The van der Waals surface area contributed by atoms with Gasteiger partial charge in [0.25, 0.3) is 0 Å². The third-order valence-electron chi connectivity index (χ3n) is 5.38. The quantitative estimate of drug-likeness (QED) is 0.932. The van der Waals surface area contributed by atoms with E-state index in [0.29, 0.717) is 38.8 Å². The summed E-state index contributed by atoms with van der Waals surface area (Å²) in [5, 5.41) is 16.9. The van der Waals surface area contributed by atoms with Crippen LogP contribution in [0.1, 0.15) is 41.8 Å². The summed E-state index contributed by atoms with van der Waals surface area (Å²) in [6.45, 7) is 5.24. The molecule has 1 aromatic carbocycles. The molecule has 2 aromatic rings. The number of likely N-dealkylation sites (tertiary alicyclic amines) is 1. The SMILES string of the molecule is Cc1n[nH]c(C)c1CCC(=O)N1CCC(C#N)(c2ccccc2)CC1. The second-order valence-corrected chi connectivity index (χ2v) is 6.85. The fourth-order valence-electron chi connectivity index (χ4n) is 3.69. The number of rotatable bonds is 4. The number of amides is 1. The summed E-state index contributed by atoms with van der Waals surface area (Å²) in [5.41, 5.74) is 3.75. The largest absolute Gasteiger partial charge is 0.343 e. The number of aromatic nitrogens is 2. The van der Waals surface area contributed by atoms with Crippen LogP contribution in [-0.2, 0) is 16.6 Å². The van der Waals surface area contributed by atoms with E-state index in [2.05, 4.69) is 16.3 Å². The van der Waals surface area contributed by atoms with Gasteiger partial charge in [-0.2, -0.15) is 10.4 Å². The van der Waals surface area contributed by atoms with Crippen LogP contribution < -0.4 is 0 Å². The van der Waals surface area contributed by atoms with Gasteiger partial charge in [0.05, 0.1) is 17.2 Å². The van der Waals surface area contributed by atoms with E-state index in [9.17, 15) is 10.1 Å². The maximum atomic E-state index is 12.6. The highest BCUT2D eigenvalue weighted by Crippen LogP contribution is 2.35. The Morgan fingerprint density at radius 1 is 1.28 bits per heavy atom. The van der Waals surface area contributed by atoms with E-state index >= 15 is 0 Å². The first kappa shape index (κ1) is 17.2. The van der Waals surface area contributed by atoms with Crippen molar-refractivity contribution < 1.29 is 4.79 Å². The summed E-state index contributed by atoms with van der Waals surface area (Å²) in [6.07, 6.45) is 2.60. The van der Waals surface area contributed by atoms with Gasteiger partial charge >= 0.3 is 0 Å². The summed E-state index contributed by atoms with van der Waals surface area (Å²) in [6, 6.07) is 12.5. The summed E-state index contributed by atoms with van der Waals surface area (Å²) in [4.78, 5) is 14.5. The summed E-state index contributed by atoms with van der Waals surface area (Å²) >= 11 is 0. The van der Waals surface area contributed by atoms with Crippen molar-refractivity contribution in [1.29, 1.82) is 5.26 Å². The number of hydrogen-bond donors (Lipinski definition) is 1. The molecule has 0 atom stereocenters.